The number of anilines is 1. The Morgan fingerprint density at radius 1 is 0.958 bits per heavy atom. The topological polar surface area (TPSA) is 32.3 Å². The van der Waals surface area contributed by atoms with Crippen LogP contribution in [0.1, 0.15) is 31.9 Å². The van der Waals surface area contributed by atoms with Gasteiger partial charge in [0.25, 0.3) is 0 Å². The molecule has 3 heteroatoms. The third kappa shape index (κ3) is 5.41. The van der Waals surface area contributed by atoms with Crippen LogP contribution in [0.2, 0.25) is 0 Å². The fraction of sp³-hybridized carbons (Fsp3) is 0.381. The summed E-state index contributed by atoms with van der Waals surface area (Å²) < 4.78 is 0. The van der Waals surface area contributed by atoms with Crippen molar-refractivity contribution in [1.29, 1.82) is 0 Å². The molecule has 0 saturated carbocycles. The highest BCUT2D eigenvalue weighted by atomic mass is 16.1. The van der Waals surface area contributed by atoms with Gasteiger partial charge >= 0.3 is 0 Å². The van der Waals surface area contributed by atoms with Crippen LogP contribution in [0.3, 0.4) is 0 Å². The van der Waals surface area contributed by atoms with Crippen LogP contribution in [-0.4, -0.2) is 25.0 Å². The Kier molecular flexibility index (Phi) is 6.86. The van der Waals surface area contributed by atoms with E-state index in [2.05, 4.69) is 60.5 Å². The van der Waals surface area contributed by atoms with Crippen molar-refractivity contribution in [2.45, 2.75) is 39.7 Å². The third-order valence-electron chi connectivity index (χ3n) is 4.22. The van der Waals surface area contributed by atoms with E-state index in [9.17, 15) is 4.79 Å². The van der Waals surface area contributed by atoms with E-state index >= 15 is 0 Å². The molecule has 0 aliphatic carbocycles. The van der Waals surface area contributed by atoms with Gasteiger partial charge in [0.15, 0.2) is 0 Å². The molecular weight excluding hydrogens is 296 g/mol. The smallest absolute Gasteiger partial charge is 0.224 e. The highest BCUT2D eigenvalue weighted by Gasteiger charge is 2.09. The maximum atomic E-state index is 12.2. The van der Waals surface area contributed by atoms with Crippen LogP contribution in [0, 0.1) is 0 Å². The molecule has 0 aromatic heterocycles. The van der Waals surface area contributed by atoms with Gasteiger partial charge in [-0.05, 0) is 50.5 Å². The van der Waals surface area contributed by atoms with E-state index in [0.29, 0.717) is 6.42 Å². The molecule has 2 aromatic rings. The number of nitrogens with zero attached hydrogens (tertiary/aromatic N) is 1. The largest absolute Gasteiger partial charge is 0.372 e. The average Bonchev–Trinajstić information content (AvgIpc) is 2.58. The van der Waals surface area contributed by atoms with Gasteiger partial charge in [-0.2, -0.15) is 0 Å². The van der Waals surface area contributed by atoms with Crippen LogP contribution < -0.4 is 10.2 Å². The number of nitrogens with one attached hydrogen (secondary N) is 1. The Labute approximate surface area is 145 Å². The SMILES string of the molecule is CCN(CC)c1ccc(CC(=O)N[C@H](C)Cc2ccccc2)cc1. The molecule has 0 unspecified atom stereocenters. The van der Waals surface area contributed by atoms with E-state index in [4.69, 9.17) is 0 Å². The summed E-state index contributed by atoms with van der Waals surface area (Å²) in [5, 5.41) is 3.09. The van der Waals surface area contributed by atoms with Crippen molar-refractivity contribution in [3.8, 4) is 0 Å². The molecule has 0 fully saturated rings. The minimum absolute atomic E-state index is 0.0778. The first-order valence-electron chi connectivity index (χ1n) is 8.79. The van der Waals surface area contributed by atoms with Gasteiger partial charge in [0.1, 0.15) is 0 Å². The number of rotatable bonds is 8. The van der Waals surface area contributed by atoms with Crippen molar-refractivity contribution in [1.82, 2.24) is 5.32 Å². The Hall–Kier alpha value is -2.29. The predicted octanol–water partition coefficient (Wildman–Crippen LogP) is 3.82. The minimum Gasteiger partial charge on any atom is -0.372 e. The molecule has 0 spiro atoms. The van der Waals surface area contributed by atoms with Gasteiger partial charge in [-0.1, -0.05) is 42.5 Å². The number of carbonyl (C=O) groups is 1. The Morgan fingerprint density at radius 3 is 2.17 bits per heavy atom. The van der Waals surface area contributed by atoms with Crippen molar-refractivity contribution >= 4 is 11.6 Å². The van der Waals surface area contributed by atoms with Crippen LogP contribution in [0.4, 0.5) is 5.69 Å². The summed E-state index contributed by atoms with van der Waals surface area (Å²) in [4.78, 5) is 14.5. The fourth-order valence-electron chi connectivity index (χ4n) is 2.94. The Morgan fingerprint density at radius 2 is 1.58 bits per heavy atom. The number of amides is 1. The maximum Gasteiger partial charge on any atom is 0.224 e. The van der Waals surface area contributed by atoms with Crippen LogP contribution >= 0.6 is 0 Å². The van der Waals surface area contributed by atoms with Crippen molar-refractivity contribution < 1.29 is 4.79 Å². The molecule has 0 radical (unpaired) electrons. The van der Waals surface area contributed by atoms with Gasteiger partial charge < -0.3 is 10.2 Å². The fourth-order valence-corrected chi connectivity index (χ4v) is 2.94. The number of carbonyl (C=O) groups excluding carboxylic acids is 1. The molecule has 128 valence electrons. The van der Waals surface area contributed by atoms with E-state index in [-0.39, 0.29) is 11.9 Å². The lowest BCUT2D eigenvalue weighted by atomic mass is 10.1. The standard InChI is InChI=1S/C21H28N2O/c1-4-23(5-2)20-13-11-19(12-14-20)16-21(24)22-17(3)15-18-9-7-6-8-10-18/h6-14,17H,4-5,15-16H2,1-3H3,(H,22,24)/t17-/m1/s1. The van der Waals surface area contributed by atoms with E-state index in [1.54, 1.807) is 0 Å². The molecule has 2 rings (SSSR count). The summed E-state index contributed by atoms with van der Waals surface area (Å²) in [5.74, 6) is 0.0778. The van der Waals surface area contributed by atoms with E-state index in [0.717, 1.165) is 25.1 Å². The summed E-state index contributed by atoms with van der Waals surface area (Å²) in [6.45, 7) is 8.34. The molecule has 1 N–H and O–H groups in total. The lowest BCUT2D eigenvalue weighted by molar-refractivity contribution is -0.121. The van der Waals surface area contributed by atoms with E-state index in [1.807, 2.05) is 25.1 Å². The van der Waals surface area contributed by atoms with Gasteiger partial charge in [-0.3, -0.25) is 4.79 Å². The number of hydrogen-bond donors (Lipinski definition) is 1. The van der Waals surface area contributed by atoms with E-state index in [1.165, 1.54) is 11.3 Å². The number of benzene rings is 2. The van der Waals surface area contributed by atoms with Crippen LogP contribution in [0.25, 0.3) is 0 Å². The normalized spacial score (nSPS) is 11.8. The maximum absolute atomic E-state index is 12.2. The molecule has 1 amide bonds. The third-order valence-corrected chi connectivity index (χ3v) is 4.22. The first-order valence-corrected chi connectivity index (χ1v) is 8.79. The minimum atomic E-state index is 0.0778. The lowest BCUT2D eigenvalue weighted by Gasteiger charge is -2.21. The quantitative estimate of drug-likeness (QED) is 0.800. The van der Waals surface area contributed by atoms with Crippen LogP contribution in [0.5, 0.6) is 0 Å². The van der Waals surface area contributed by atoms with Crippen LogP contribution in [-0.2, 0) is 17.6 Å². The molecule has 0 aliphatic heterocycles. The number of hydrogen-bond acceptors (Lipinski definition) is 2. The molecule has 0 saturated heterocycles. The molecule has 0 aliphatic rings. The van der Waals surface area contributed by atoms with Gasteiger partial charge in [0.2, 0.25) is 5.91 Å². The van der Waals surface area contributed by atoms with Gasteiger partial charge in [-0.25, -0.2) is 0 Å². The van der Waals surface area contributed by atoms with Crippen molar-refractivity contribution in [2.24, 2.45) is 0 Å². The Balaban J connectivity index is 1.85. The summed E-state index contributed by atoms with van der Waals surface area (Å²) in [6.07, 6.45) is 1.28. The van der Waals surface area contributed by atoms with Crippen molar-refractivity contribution in [2.75, 3.05) is 18.0 Å². The molecule has 2 aromatic carbocycles. The summed E-state index contributed by atoms with van der Waals surface area (Å²) in [5.41, 5.74) is 3.51. The summed E-state index contributed by atoms with van der Waals surface area (Å²) in [7, 11) is 0. The Bertz CT molecular complexity index is 618. The van der Waals surface area contributed by atoms with Crippen molar-refractivity contribution in [3.63, 3.8) is 0 Å². The molecular formula is C21H28N2O. The average molecular weight is 324 g/mol. The molecule has 0 heterocycles. The highest BCUT2D eigenvalue weighted by Crippen LogP contribution is 2.15. The van der Waals surface area contributed by atoms with Gasteiger partial charge in [-0.15, -0.1) is 0 Å². The zero-order valence-electron chi connectivity index (χ0n) is 15.0. The highest BCUT2D eigenvalue weighted by molar-refractivity contribution is 5.79. The summed E-state index contributed by atoms with van der Waals surface area (Å²) in [6, 6.07) is 18.7. The zero-order chi connectivity index (χ0) is 17.4. The molecule has 0 bridgehead atoms. The van der Waals surface area contributed by atoms with Gasteiger partial charge in [0, 0.05) is 24.8 Å². The monoisotopic (exact) mass is 324 g/mol. The lowest BCUT2D eigenvalue weighted by Crippen LogP contribution is -2.35. The molecule has 1 atom stereocenters. The zero-order valence-corrected chi connectivity index (χ0v) is 15.0. The predicted molar refractivity (Wildman–Crippen MR) is 101 cm³/mol. The second kappa shape index (κ2) is 9.11. The summed E-state index contributed by atoms with van der Waals surface area (Å²) >= 11 is 0. The molecule has 3 nitrogen and oxygen atoms in total. The second-order valence-electron chi connectivity index (χ2n) is 6.17. The van der Waals surface area contributed by atoms with Gasteiger partial charge in [0.05, 0.1) is 6.42 Å². The first kappa shape index (κ1) is 18.1. The van der Waals surface area contributed by atoms with E-state index < -0.39 is 0 Å². The molecule has 24 heavy (non-hydrogen) atoms. The van der Waals surface area contributed by atoms with Crippen LogP contribution in [0.15, 0.2) is 54.6 Å². The second-order valence-corrected chi connectivity index (χ2v) is 6.17. The van der Waals surface area contributed by atoms with Crippen molar-refractivity contribution in [3.05, 3.63) is 65.7 Å². The first-order chi connectivity index (χ1) is 11.6.